The highest BCUT2D eigenvalue weighted by Gasteiger charge is 2.42. The standard InChI is InChI=1S/C25H30N2O4S/c1-30-25(29)18-6-7-21-23(16-18)32-24(17-8-11-26(12-9-17)13-14-28)27(21)20-10-15-31-22-5-3-2-4-19(20)22/h2-7,16-17,20,24,28H,8-15H2,1H3. The van der Waals surface area contributed by atoms with Crippen LogP contribution in [0.15, 0.2) is 47.4 Å². The minimum Gasteiger partial charge on any atom is -0.493 e. The molecule has 2 atom stereocenters. The maximum absolute atomic E-state index is 12.2. The van der Waals surface area contributed by atoms with Crippen LogP contribution in [0.2, 0.25) is 0 Å². The Morgan fingerprint density at radius 2 is 2.00 bits per heavy atom. The van der Waals surface area contributed by atoms with Crippen molar-refractivity contribution in [1.82, 2.24) is 4.90 Å². The molecule has 2 unspecified atom stereocenters. The molecule has 3 heterocycles. The molecule has 7 heteroatoms. The predicted octanol–water partition coefficient (Wildman–Crippen LogP) is 3.94. The number of ether oxygens (including phenoxy) is 2. The van der Waals surface area contributed by atoms with Crippen LogP contribution >= 0.6 is 11.8 Å². The van der Waals surface area contributed by atoms with Crippen LogP contribution in [0.3, 0.4) is 0 Å². The fourth-order valence-electron chi connectivity index (χ4n) is 5.27. The van der Waals surface area contributed by atoms with Crippen LogP contribution in [-0.4, -0.2) is 61.3 Å². The number of hydrogen-bond donors (Lipinski definition) is 1. The lowest BCUT2D eigenvalue weighted by atomic mass is 9.92. The number of aliphatic hydroxyl groups excluding tert-OH is 1. The van der Waals surface area contributed by atoms with Crippen LogP contribution in [0.1, 0.15) is 41.2 Å². The van der Waals surface area contributed by atoms with E-state index < -0.39 is 0 Å². The summed E-state index contributed by atoms with van der Waals surface area (Å²) in [6, 6.07) is 14.6. The number of carbonyl (C=O) groups is 1. The first-order chi connectivity index (χ1) is 15.7. The summed E-state index contributed by atoms with van der Waals surface area (Å²) in [7, 11) is 1.43. The highest BCUT2D eigenvalue weighted by atomic mass is 32.2. The van der Waals surface area contributed by atoms with Gasteiger partial charge in [-0.3, -0.25) is 0 Å². The number of rotatable bonds is 5. The number of aliphatic hydroxyl groups is 1. The Morgan fingerprint density at radius 1 is 1.19 bits per heavy atom. The highest BCUT2D eigenvalue weighted by molar-refractivity contribution is 8.00. The summed E-state index contributed by atoms with van der Waals surface area (Å²) >= 11 is 1.89. The number of methoxy groups -OCH3 is 1. The molecule has 1 fully saturated rings. The Labute approximate surface area is 193 Å². The monoisotopic (exact) mass is 454 g/mol. The van der Waals surface area contributed by atoms with Crippen molar-refractivity contribution >= 4 is 23.4 Å². The molecule has 1 N–H and O–H groups in total. The van der Waals surface area contributed by atoms with E-state index in [4.69, 9.17) is 9.47 Å². The number of benzene rings is 2. The van der Waals surface area contributed by atoms with Crippen molar-refractivity contribution < 1.29 is 19.4 Å². The predicted molar refractivity (Wildman–Crippen MR) is 125 cm³/mol. The van der Waals surface area contributed by atoms with Crippen LogP contribution in [-0.2, 0) is 4.74 Å². The SMILES string of the molecule is COC(=O)c1ccc2c(c1)SC(C1CCN(CCO)CC1)N2C1CCOc2ccccc21. The molecule has 5 rings (SSSR count). The molecule has 2 aromatic carbocycles. The van der Waals surface area contributed by atoms with Gasteiger partial charge in [0.1, 0.15) is 5.75 Å². The van der Waals surface area contributed by atoms with E-state index in [0.717, 1.165) is 49.5 Å². The molecule has 0 saturated carbocycles. The third-order valence-corrected chi connectivity index (χ3v) is 8.33. The van der Waals surface area contributed by atoms with Crippen molar-refractivity contribution in [2.45, 2.75) is 35.6 Å². The van der Waals surface area contributed by atoms with Crippen LogP contribution in [0.5, 0.6) is 5.75 Å². The lowest BCUT2D eigenvalue weighted by molar-refractivity contribution is 0.0600. The molecule has 0 aliphatic carbocycles. The molecular weight excluding hydrogens is 424 g/mol. The lowest BCUT2D eigenvalue weighted by Crippen LogP contribution is -2.45. The maximum Gasteiger partial charge on any atom is 0.337 e. The number of likely N-dealkylation sites (tertiary alicyclic amines) is 1. The molecule has 1 saturated heterocycles. The van der Waals surface area contributed by atoms with Crippen LogP contribution in [0.25, 0.3) is 0 Å². The number of nitrogens with zero attached hydrogens (tertiary/aromatic N) is 2. The Morgan fingerprint density at radius 3 is 2.78 bits per heavy atom. The van der Waals surface area contributed by atoms with Gasteiger partial charge in [0.25, 0.3) is 0 Å². The highest BCUT2D eigenvalue weighted by Crippen LogP contribution is 2.53. The number of fused-ring (bicyclic) bond motifs is 2. The summed E-state index contributed by atoms with van der Waals surface area (Å²) in [6.07, 6.45) is 3.16. The van der Waals surface area contributed by atoms with Gasteiger partial charge in [-0.25, -0.2) is 4.79 Å². The zero-order valence-corrected chi connectivity index (χ0v) is 19.2. The van der Waals surface area contributed by atoms with Gasteiger partial charge in [-0.2, -0.15) is 0 Å². The number of para-hydroxylation sites is 1. The largest absolute Gasteiger partial charge is 0.493 e. The fourth-order valence-corrected chi connectivity index (χ4v) is 6.86. The molecule has 2 aromatic rings. The van der Waals surface area contributed by atoms with Gasteiger partial charge in [0.2, 0.25) is 0 Å². The molecule has 3 aliphatic rings. The number of carbonyl (C=O) groups excluding carboxylic acids is 1. The van der Waals surface area contributed by atoms with Crippen LogP contribution < -0.4 is 9.64 Å². The first kappa shape index (κ1) is 21.6. The summed E-state index contributed by atoms with van der Waals surface area (Å²) in [5.41, 5.74) is 3.04. The normalized spacial score (nSPS) is 23.4. The van der Waals surface area contributed by atoms with Crippen molar-refractivity contribution in [3.05, 3.63) is 53.6 Å². The molecule has 6 nitrogen and oxygen atoms in total. The van der Waals surface area contributed by atoms with E-state index >= 15 is 0 Å². The van der Waals surface area contributed by atoms with Gasteiger partial charge >= 0.3 is 5.97 Å². The van der Waals surface area contributed by atoms with E-state index in [2.05, 4.69) is 34.1 Å². The molecule has 170 valence electrons. The van der Waals surface area contributed by atoms with Gasteiger partial charge < -0.3 is 24.4 Å². The van der Waals surface area contributed by atoms with Crippen molar-refractivity contribution in [3.63, 3.8) is 0 Å². The Balaban J connectivity index is 1.49. The average Bonchev–Trinajstić information content (AvgIpc) is 3.22. The molecule has 0 bridgehead atoms. The van der Waals surface area contributed by atoms with Gasteiger partial charge in [0.15, 0.2) is 0 Å². The topological polar surface area (TPSA) is 62.2 Å². The molecule has 0 radical (unpaired) electrons. The summed E-state index contributed by atoms with van der Waals surface area (Å²) in [6.45, 7) is 3.72. The number of thioether (sulfide) groups is 1. The van der Waals surface area contributed by atoms with Gasteiger partial charge in [-0.1, -0.05) is 30.0 Å². The smallest absolute Gasteiger partial charge is 0.337 e. The second-order valence-corrected chi connectivity index (χ2v) is 9.84. The minimum atomic E-state index is -0.294. The fraction of sp³-hybridized carbons (Fsp3) is 0.480. The number of anilines is 1. The molecule has 0 spiro atoms. The van der Waals surface area contributed by atoms with E-state index in [9.17, 15) is 9.90 Å². The van der Waals surface area contributed by atoms with Gasteiger partial charge in [0.05, 0.1) is 43.0 Å². The Bertz CT molecular complexity index is 976. The number of esters is 1. The Hall–Kier alpha value is -2.22. The number of piperidine rings is 1. The van der Waals surface area contributed by atoms with E-state index in [0.29, 0.717) is 23.5 Å². The maximum atomic E-state index is 12.2. The second kappa shape index (κ2) is 9.33. The number of β-amino-alcohol motifs (C(OH)–C–C–N with tert-alkyl or cyclic N) is 1. The quantitative estimate of drug-likeness (QED) is 0.687. The van der Waals surface area contributed by atoms with Crippen LogP contribution in [0, 0.1) is 5.92 Å². The zero-order valence-electron chi connectivity index (χ0n) is 18.4. The van der Waals surface area contributed by atoms with Crippen molar-refractivity contribution in [2.24, 2.45) is 5.92 Å². The number of hydrogen-bond acceptors (Lipinski definition) is 7. The lowest BCUT2D eigenvalue weighted by Gasteiger charge is -2.43. The zero-order chi connectivity index (χ0) is 22.1. The van der Waals surface area contributed by atoms with E-state index in [1.54, 1.807) is 0 Å². The third kappa shape index (κ3) is 3.98. The molecule has 0 amide bonds. The summed E-state index contributed by atoms with van der Waals surface area (Å²) in [5.74, 6) is 1.22. The Kier molecular flexibility index (Phi) is 6.31. The molecule has 32 heavy (non-hydrogen) atoms. The van der Waals surface area contributed by atoms with Gasteiger partial charge in [0, 0.05) is 23.4 Å². The first-order valence-electron chi connectivity index (χ1n) is 11.4. The molecule has 0 aromatic heterocycles. The van der Waals surface area contributed by atoms with Crippen molar-refractivity contribution in [3.8, 4) is 5.75 Å². The van der Waals surface area contributed by atoms with E-state index in [-0.39, 0.29) is 18.6 Å². The van der Waals surface area contributed by atoms with Gasteiger partial charge in [-0.05, 0) is 56.1 Å². The second-order valence-electron chi connectivity index (χ2n) is 8.68. The molecule has 3 aliphatic heterocycles. The summed E-state index contributed by atoms with van der Waals surface area (Å²) < 4.78 is 10.9. The molecular formula is C25H30N2O4S. The first-order valence-corrected chi connectivity index (χ1v) is 12.3. The minimum absolute atomic E-state index is 0.218. The van der Waals surface area contributed by atoms with E-state index in [1.807, 2.05) is 30.0 Å². The summed E-state index contributed by atoms with van der Waals surface area (Å²) in [4.78, 5) is 18.3. The van der Waals surface area contributed by atoms with Crippen molar-refractivity contribution in [2.75, 3.05) is 44.9 Å². The van der Waals surface area contributed by atoms with Crippen LogP contribution in [0.4, 0.5) is 5.69 Å². The average molecular weight is 455 g/mol. The van der Waals surface area contributed by atoms with Gasteiger partial charge in [-0.15, -0.1) is 0 Å². The third-order valence-electron chi connectivity index (χ3n) is 6.90. The van der Waals surface area contributed by atoms with E-state index in [1.165, 1.54) is 18.4 Å². The van der Waals surface area contributed by atoms with Crippen molar-refractivity contribution in [1.29, 1.82) is 0 Å². The summed E-state index contributed by atoms with van der Waals surface area (Å²) in [5, 5.41) is 9.62.